The molecule has 6 nitrogen and oxygen atoms in total. The Bertz CT molecular complexity index is 690. The first-order valence-electron chi connectivity index (χ1n) is 7.98. The van der Waals surface area contributed by atoms with Crippen molar-refractivity contribution < 1.29 is 18.7 Å². The summed E-state index contributed by atoms with van der Waals surface area (Å²) in [5.74, 6) is -0.514. The van der Waals surface area contributed by atoms with Gasteiger partial charge in [-0.3, -0.25) is 9.69 Å². The van der Waals surface area contributed by atoms with Crippen molar-refractivity contribution in [2.24, 2.45) is 0 Å². The number of nitrogens with one attached hydrogen (secondary N) is 1. The van der Waals surface area contributed by atoms with Crippen LogP contribution >= 0.6 is 11.6 Å². The minimum absolute atomic E-state index is 0.0858. The van der Waals surface area contributed by atoms with Crippen LogP contribution < -0.4 is 11.1 Å². The predicted molar refractivity (Wildman–Crippen MR) is 95.5 cm³/mol. The van der Waals surface area contributed by atoms with E-state index < -0.39 is 29.8 Å². The van der Waals surface area contributed by atoms with Crippen molar-refractivity contribution in [3.8, 4) is 0 Å². The van der Waals surface area contributed by atoms with Crippen molar-refractivity contribution in [3.05, 3.63) is 22.7 Å². The largest absolute Gasteiger partial charge is 0.444 e. The number of nitrogen functional groups attached to an aromatic ring is 1. The first-order chi connectivity index (χ1) is 11.5. The molecule has 2 amide bonds. The van der Waals surface area contributed by atoms with E-state index in [2.05, 4.69) is 5.32 Å². The standard InChI is InChI=1S/C17H23ClFN3O3/c1-9-11(18)5-6-12(14(9)20)21-15(23)13-7-10(19)8-22(13)16(24)25-17(2,3)4/h5-6,10,13H,7-8,20H2,1-4H3,(H,21,23)/t10-,13-/m0/s1. The van der Waals surface area contributed by atoms with Crippen LogP contribution in [0.25, 0.3) is 0 Å². The Kier molecular flexibility index (Phi) is 5.46. The minimum Gasteiger partial charge on any atom is -0.444 e. The van der Waals surface area contributed by atoms with E-state index in [1.165, 1.54) is 0 Å². The van der Waals surface area contributed by atoms with Crippen LogP contribution in [-0.2, 0) is 9.53 Å². The van der Waals surface area contributed by atoms with Crippen LogP contribution in [0.2, 0.25) is 5.02 Å². The van der Waals surface area contributed by atoms with Crippen LogP contribution in [0, 0.1) is 6.92 Å². The molecule has 2 rings (SSSR count). The van der Waals surface area contributed by atoms with Gasteiger partial charge < -0.3 is 15.8 Å². The number of alkyl halides is 1. The highest BCUT2D eigenvalue weighted by Gasteiger charge is 2.41. The maximum Gasteiger partial charge on any atom is 0.411 e. The molecule has 138 valence electrons. The maximum atomic E-state index is 13.8. The Labute approximate surface area is 151 Å². The van der Waals surface area contributed by atoms with Gasteiger partial charge in [0.25, 0.3) is 0 Å². The van der Waals surface area contributed by atoms with Gasteiger partial charge in [0.05, 0.1) is 17.9 Å². The number of nitrogens with zero attached hydrogens (tertiary/aromatic N) is 1. The Balaban J connectivity index is 2.16. The molecule has 0 radical (unpaired) electrons. The third-order valence-corrected chi connectivity index (χ3v) is 4.30. The Hall–Kier alpha value is -2.02. The summed E-state index contributed by atoms with van der Waals surface area (Å²) in [7, 11) is 0. The summed E-state index contributed by atoms with van der Waals surface area (Å²) in [5, 5.41) is 3.13. The lowest BCUT2D eigenvalue weighted by molar-refractivity contribution is -0.120. The number of anilines is 2. The van der Waals surface area contributed by atoms with E-state index >= 15 is 0 Å². The summed E-state index contributed by atoms with van der Waals surface area (Å²) in [6, 6.07) is 2.23. The number of halogens is 2. The molecule has 0 unspecified atom stereocenters. The molecule has 0 aliphatic carbocycles. The van der Waals surface area contributed by atoms with Gasteiger partial charge in [0.1, 0.15) is 17.8 Å². The number of carbonyl (C=O) groups excluding carboxylic acids is 2. The van der Waals surface area contributed by atoms with Gasteiger partial charge in [0.2, 0.25) is 5.91 Å². The lowest BCUT2D eigenvalue weighted by atomic mass is 10.1. The van der Waals surface area contributed by atoms with Crippen LogP contribution in [0.1, 0.15) is 32.8 Å². The molecule has 3 N–H and O–H groups in total. The van der Waals surface area contributed by atoms with E-state index in [0.717, 1.165) is 4.90 Å². The van der Waals surface area contributed by atoms with Gasteiger partial charge in [-0.1, -0.05) is 11.6 Å². The van der Waals surface area contributed by atoms with Crippen LogP contribution in [0.3, 0.4) is 0 Å². The summed E-state index contributed by atoms with van der Waals surface area (Å²) in [4.78, 5) is 25.9. The van der Waals surface area contributed by atoms with Crippen LogP contribution in [0.5, 0.6) is 0 Å². The van der Waals surface area contributed by atoms with Crippen molar-refractivity contribution in [2.75, 3.05) is 17.6 Å². The molecule has 1 aromatic rings. The van der Waals surface area contributed by atoms with Gasteiger partial charge in [-0.15, -0.1) is 0 Å². The number of nitrogens with two attached hydrogens (primary N) is 1. The molecular weight excluding hydrogens is 349 g/mol. The fourth-order valence-electron chi connectivity index (χ4n) is 2.58. The number of carbonyl (C=O) groups is 2. The number of hydrogen-bond donors (Lipinski definition) is 2. The second-order valence-electron chi connectivity index (χ2n) is 7.10. The van der Waals surface area contributed by atoms with Crippen LogP contribution in [0.4, 0.5) is 20.6 Å². The summed E-state index contributed by atoms with van der Waals surface area (Å²) < 4.78 is 19.1. The van der Waals surface area contributed by atoms with Gasteiger partial charge in [0, 0.05) is 11.4 Å². The number of likely N-dealkylation sites (tertiary alicyclic amines) is 1. The molecule has 0 spiro atoms. The van der Waals surface area contributed by atoms with Gasteiger partial charge in [-0.2, -0.15) is 0 Å². The zero-order chi connectivity index (χ0) is 18.9. The molecule has 1 fully saturated rings. The van der Waals surface area contributed by atoms with E-state index in [-0.39, 0.29) is 13.0 Å². The van der Waals surface area contributed by atoms with Crippen molar-refractivity contribution in [1.29, 1.82) is 0 Å². The molecule has 0 aromatic heterocycles. The number of rotatable bonds is 2. The smallest absolute Gasteiger partial charge is 0.411 e. The van der Waals surface area contributed by atoms with Crippen LogP contribution in [0.15, 0.2) is 12.1 Å². The molecule has 1 saturated heterocycles. The zero-order valence-electron chi connectivity index (χ0n) is 14.7. The normalized spacial score (nSPS) is 20.5. The predicted octanol–water partition coefficient (Wildman–Crippen LogP) is 3.52. The molecule has 2 atom stereocenters. The molecule has 1 heterocycles. The van der Waals surface area contributed by atoms with Crippen LogP contribution in [-0.4, -0.2) is 41.3 Å². The van der Waals surface area contributed by atoms with Crippen molar-refractivity contribution in [3.63, 3.8) is 0 Å². The fourth-order valence-corrected chi connectivity index (χ4v) is 2.75. The third-order valence-electron chi connectivity index (χ3n) is 3.89. The number of ether oxygens (including phenoxy) is 1. The summed E-state index contributed by atoms with van der Waals surface area (Å²) in [5.41, 5.74) is 6.57. The van der Waals surface area contributed by atoms with Gasteiger partial charge in [-0.25, -0.2) is 9.18 Å². The quantitative estimate of drug-likeness (QED) is 0.779. The molecule has 0 saturated carbocycles. The van der Waals surface area contributed by atoms with Gasteiger partial charge in [-0.05, 0) is 45.4 Å². The molecule has 1 aliphatic heterocycles. The minimum atomic E-state index is -1.28. The molecule has 25 heavy (non-hydrogen) atoms. The van der Waals surface area contributed by atoms with E-state index in [1.54, 1.807) is 39.8 Å². The number of amides is 2. The van der Waals surface area contributed by atoms with E-state index in [9.17, 15) is 14.0 Å². The fraction of sp³-hybridized carbons (Fsp3) is 0.529. The average Bonchev–Trinajstić information content (AvgIpc) is 2.88. The topological polar surface area (TPSA) is 84.7 Å². The van der Waals surface area contributed by atoms with Crippen molar-refractivity contribution in [1.82, 2.24) is 4.90 Å². The maximum absolute atomic E-state index is 13.8. The molecule has 1 aromatic carbocycles. The number of hydrogen-bond acceptors (Lipinski definition) is 4. The van der Waals surface area contributed by atoms with E-state index in [4.69, 9.17) is 22.1 Å². The van der Waals surface area contributed by atoms with E-state index in [0.29, 0.717) is 22.0 Å². The SMILES string of the molecule is Cc1c(Cl)ccc(NC(=O)[C@@H]2C[C@H](F)CN2C(=O)OC(C)(C)C)c1N. The molecular formula is C17H23ClFN3O3. The Morgan fingerprint density at radius 2 is 2.04 bits per heavy atom. The third kappa shape index (κ3) is 4.54. The van der Waals surface area contributed by atoms with Gasteiger partial charge >= 0.3 is 6.09 Å². The lowest BCUT2D eigenvalue weighted by Gasteiger charge is -2.28. The summed E-state index contributed by atoms with van der Waals surface area (Å²) in [6.07, 6.45) is -2.09. The molecule has 8 heteroatoms. The first-order valence-corrected chi connectivity index (χ1v) is 8.36. The second-order valence-corrected chi connectivity index (χ2v) is 7.51. The van der Waals surface area contributed by atoms with Crippen molar-refractivity contribution in [2.45, 2.75) is 51.9 Å². The highest BCUT2D eigenvalue weighted by molar-refractivity contribution is 6.32. The molecule has 1 aliphatic rings. The monoisotopic (exact) mass is 371 g/mol. The van der Waals surface area contributed by atoms with Gasteiger partial charge in [0.15, 0.2) is 0 Å². The second kappa shape index (κ2) is 7.07. The Morgan fingerprint density at radius 3 is 2.64 bits per heavy atom. The van der Waals surface area contributed by atoms with E-state index in [1.807, 2.05) is 0 Å². The first kappa shape index (κ1) is 19.3. The lowest BCUT2D eigenvalue weighted by Crippen LogP contribution is -2.45. The highest BCUT2D eigenvalue weighted by atomic mass is 35.5. The molecule has 0 bridgehead atoms. The highest BCUT2D eigenvalue weighted by Crippen LogP contribution is 2.30. The zero-order valence-corrected chi connectivity index (χ0v) is 15.5. The summed E-state index contributed by atoms with van der Waals surface area (Å²) >= 11 is 5.98. The van der Waals surface area contributed by atoms with Crippen molar-refractivity contribution >= 4 is 35.0 Å². The summed E-state index contributed by atoms with van der Waals surface area (Å²) in [6.45, 7) is 6.68. The average molecular weight is 372 g/mol. The number of benzene rings is 1. The Morgan fingerprint density at radius 1 is 1.40 bits per heavy atom.